The van der Waals surface area contributed by atoms with Crippen molar-refractivity contribution >= 4 is 29.2 Å². The highest BCUT2D eigenvalue weighted by atomic mass is 35.5. The van der Waals surface area contributed by atoms with Gasteiger partial charge < -0.3 is 10.6 Å². The zero-order chi connectivity index (χ0) is 21.8. The Balaban J connectivity index is 1.44. The summed E-state index contributed by atoms with van der Waals surface area (Å²) in [6.45, 7) is 4.87. The fourth-order valence-corrected chi connectivity index (χ4v) is 4.34. The summed E-state index contributed by atoms with van der Waals surface area (Å²) in [5.74, 6) is 6.88. The third-order valence-electron chi connectivity index (χ3n) is 5.49. The minimum absolute atomic E-state index is 0.231. The summed E-state index contributed by atoms with van der Waals surface area (Å²) in [4.78, 5) is 16.6. The SMILES string of the molecule is Cn1ccc(C#Cc2nccc(Sc3cnc(N4CCC(C)(CN)CC4)cn3)c2Cl)n1. The van der Waals surface area contributed by atoms with Gasteiger partial charge in [-0.25, -0.2) is 15.0 Å². The van der Waals surface area contributed by atoms with Gasteiger partial charge in [0.25, 0.3) is 0 Å². The lowest BCUT2D eigenvalue weighted by Crippen LogP contribution is -2.42. The topological polar surface area (TPSA) is 85.8 Å². The molecule has 1 saturated heterocycles. The molecular formula is C22H24ClN7S. The van der Waals surface area contributed by atoms with Crippen LogP contribution in [0.15, 0.2) is 46.8 Å². The lowest BCUT2D eigenvalue weighted by atomic mass is 9.80. The van der Waals surface area contributed by atoms with E-state index in [4.69, 9.17) is 17.3 Å². The highest BCUT2D eigenvalue weighted by Crippen LogP contribution is 2.34. The summed E-state index contributed by atoms with van der Waals surface area (Å²) in [6.07, 6.45) is 9.28. The highest BCUT2D eigenvalue weighted by molar-refractivity contribution is 7.99. The number of nitrogens with two attached hydrogens (primary N) is 1. The van der Waals surface area contributed by atoms with E-state index in [-0.39, 0.29) is 5.41 Å². The average Bonchev–Trinajstić information content (AvgIpc) is 3.21. The molecule has 1 aliphatic rings. The Morgan fingerprint density at radius 2 is 1.97 bits per heavy atom. The molecule has 0 saturated carbocycles. The van der Waals surface area contributed by atoms with Crippen LogP contribution in [0.25, 0.3) is 0 Å². The van der Waals surface area contributed by atoms with E-state index < -0.39 is 0 Å². The minimum Gasteiger partial charge on any atom is -0.355 e. The van der Waals surface area contributed by atoms with Crippen molar-refractivity contribution in [1.82, 2.24) is 24.7 Å². The maximum atomic E-state index is 6.55. The largest absolute Gasteiger partial charge is 0.355 e. The highest BCUT2D eigenvalue weighted by Gasteiger charge is 2.29. The number of aromatic nitrogens is 5. The van der Waals surface area contributed by atoms with Crippen molar-refractivity contribution in [2.24, 2.45) is 18.2 Å². The zero-order valence-corrected chi connectivity index (χ0v) is 19.1. The molecule has 160 valence electrons. The number of piperidine rings is 1. The van der Waals surface area contributed by atoms with E-state index in [2.05, 4.69) is 43.7 Å². The standard InChI is InChI=1S/C22H24ClN7S/c1-22(15-24)7-11-30(12-8-22)19-13-27-20(14-26-19)31-18-5-9-25-17(21(18)23)4-3-16-6-10-29(2)28-16/h5-6,9-10,13-14H,7-8,11-12,15,24H2,1-2H3. The maximum absolute atomic E-state index is 6.55. The van der Waals surface area contributed by atoms with Gasteiger partial charge in [-0.1, -0.05) is 30.3 Å². The van der Waals surface area contributed by atoms with Gasteiger partial charge in [0.1, 0.15) is 22.2 Å². The maximum Gasteiger partial charge on any atom is 0.147 e. The molecule has 7 nitrogen and oxygen atoms in total. The molecule has 4 rings (SSSR count). The lowest BCUT2D eigenvalue weighted by Gasteiger charge is -2.39. The molecule has 9 heteroatoms. The smallest absolute Gasteiger partial charge is 0.147 e. The molecule has 0 aliphatic carbocycles. The molecule has 31 heavy (non-hydrogen) atoms. The summed E-state index contributed by atoms with van der Waals surface area (Å²) in [7, 11) is 1.85. The molecule has 1 fully saturated rings. The van der Waals surface area contributed by atoms with Crippen LogP contribution in [0.2, 0.25) is 5.02 Å². The quantitative estimate of drug-likeness (QED) is 0.606. The van der Waals surface area contributed by atoms with Crippen molar-refractivity contribution in [3.05, 3.63) is 53.3 Å². The van der Waals surface area contributed by atoms with Gasteiger partial charge in [0, 0.05) is 37.4 Å². The van der Waals surface area contributed by atoms with Crippen molar-refractivity contribution in [2.45, 2.75) is 29.7 Å². The van der Waals surface area contributed by atoms with Crippen molar-refractivity contribution in [3.8, 4) is 11.8 Å². The molecule has 2 N–H and O–H groups in total. The Morgan fingerprint density at radius 1 is 1.16 bits per heavy atom. The first-order valence-electron chi connectivity index (χ1n) is 10.1. The van der Waals surface area contributed by atoms with Crippen LogP contribution in [0.4, 0.5) is 5.82 Å². The van der Waals surface area contributed by atoms with Crippen LogP contribution < -0.4 is 10.6 Å². The van der Waals surface area contributed by atoms with Crippen molar-refractivity contribution in [2.75, 3.05) is 24.5 Å². The van der Waals surface area contributed by atoms with E-state index in [1.165, 1.54) is 11.8 Å². The summed E-state index contributed by atoms with van der Waals surface area (Å²) >= 11 is 7.99. The zero-order valence-electron chi connectivity index (χ0n) is 17.5. The van der Waals surface area contributed by atoms with Gasteiger partial charge >= 0.3 is 0 Å². The van der Waals surface area contributed by atoms with E-state index in [1.807, 2.05) is 31.6 Å². The van der Waals surface area contributed by atoms with Gasteiger partial charge in [0.2, 0.25) is 0 Å². The van der Waals surface area contributed by atoms with Crippen LogP contribution in [-0.4, -0.2) is 44.4 Å². The first-order valence-corrected chi connectivity index (χ1v) is 11.3. The first-order chi connectivity index (χ1) is 15.0. The number of aryl methyl sites for hydroxylation is 1. The summed E-state index contributed by atoms with van der Waals surface area (Å²) in [6, 6.07) is 3.70. The molecule has 0 atom stereocenters. The number of nitrogens with zero attached hydrogens (tertiary/aromatic N) is 6. The fourth-order valence-electron chi connectivity index (χ4n) is 3.31. The van der Waals surface area contributed by atoms with Crippen molar-refractivity contribution in [1.29, 1.82) is 0 Å². The summed E-state index contributed by atoms with van der Waals surface area (Å²) in [5.41, 5.74) is 7.32. The first kappa shape index (κ1) is 21.6. The molecule has 3 aromatic rings. The van der Waals surface area contributed by atoms with Crippen molar-refractivity contribution < 1.29 is 0 Å². The molecular weight excluding hydrogens is 430 g/mol. The van der Waals surface area contributed by atoms with Crippen LogP contribution in [0.1, 0.15) is 31.2 Å². The lowest BCUT2D eigenvalue weighted by molar-refractivity contribution is 0.258. The van der Waals surface area contributed by atoms with Gasteiger partial charge in [0.05, 0.1) is 17.4 Å². The predicted molar refractivity (Wildman–Crippen MR) is 123 cm³/mol. The minimum atomic E-state index is 0.231. The third-order valence-corrected chi connectivity index (χ3v) is 6.97. The Hall–Kier alpha value is -2.60. The van der Waals surface area contributed by atoms with Crippen molar-refractivity contribution in [3.63, 3.8) is 0 Å². The molecule has 0 spiro atoms. The van der Waals surface area contributed by atoms with E-state index in [1.54, 1.807) is 17.1 Å². The Kier molecular flexibility index (Phi) is 6.46. The van der Waals surface area contributed by atoms with Gasteiger partial charge in [-0.05, 0) is 48.8 Å². The second-order valence-corrected chi connectivity index (χ2v) is 9.35. The monoisotopic (exact) mass is 453 g/mol. The van der Waals surface area contributed by atoms with Crippen LogP contribution >= 0.6 is 23.4 Å². The number of anilines is 1. The molecule has 0 bridgehead atoms. The summed E-state index contributed by atoms with van der Waals surface area (Å²) < 4.78 is 1.70. The van der Waals surface area contributed by atoms with Crippen LogP contribution in [-0.2, 0) is 7.05 Å². The number of pyridine rings is 1. The predicted octanol–water partition coefficient (Wildman–Crippen LogP) is 3.37. The molecule has 3 aromatic heterocycles. The second-order valence-electron chi connectivity index (χ2n) is 7.91. The number of rotatable bonds is 4. The van der Waals surface area contributed by atoms with Gasteiger partial charge in [0.15, 0.2) is 0 Å². The van der Waals surface area contributed by atoms with E-state index in [0.29, 0.717) is 16.4 Å². The van der Waals surface area contributed by atoms with Crippen LogP contribution in [0.3, 0.4) is 0 Å². The molecule has 1 aliphatic heterocycles. The number of halogens is 1. The van der Waals surface area contributed by atoms with Gasteiger partial charge in [-0.15, -0.1) is 0 Å². The average molecular weight is 454 g/mol. The Labute approximate surface area is 191 Å². The number of hydrogen-bond donors (Lipinski definition) is 1. The third kappa shape index (κ3) is 5.18. The molecule has 4 heterocycles. The van der Waals surface area contributed by atoms with Gasteiger partial charge in [-0.2, -0.15) is 5.10 Å². The second kappa shape index (κ2) is 9.27. The normalized spacial score (nSPS) is 15.4. The molecule has 0 amide bonds. The Bertz CT molecular complexity index is 1110. The molecule has 0 unspecified atom stereocenters. The fraction of sp³-hybridized carbons (Fsp3) is 0.364. The summed E-state index contributed by atoms with van der Waals surface area (Å²) in [5, 5.41) is 5.51. The Morgan fingerprint density at radius 3 is 2.61 bits per heavy atom. The van der Waals surface area contributed by atoms with E-state index in [0.717, 1.165) is 48.2 Å². The van der Waals surface area contributed by atoms with Gasteiger partial charge in [-0.3, -0.25) is 4.68 Å². The van der Waals surface area contributed by atoms with Crippen LogP contribution in [0, 0.1) is 17.3 Å². The molecule has 0 aromatic carbocycles. The molecule has 0 radical (unpaired) electrons. The van der Waals surface area contributed by atoms with E-state index >= 15 is 0 Å². The van der Waals surface area contributed by atoms with Crippen LogP contribution in [0.5, 0.6) is 0 Å². The van der Waals surface area contributed by atoms with E-state index in [9.17, 15) is 0 Å². The number of hydrogen-bond acceptors (Lipinski definition) is 7.